The van der Waals surface area contributed by atoms with E-state index >= 15 is 0 Å². The number of anilines is 1. The minimum absolute atomic E-state index is 0.0499. The van der Waals surface area contributed by atoms with E-state index in [1.807, 2.05) is 34.9 Å². The van der Waals surface area contributed by atoms with Gasteiger partial charge < -0.3 is 24.6 Å². The van der Waals surface area contributed by atoms with Gasteiger partial charge in [-0.05, 0) is 50.2 Å². The van der Waals surface area contributed by atoms with Gasteiger partial charge in [0.2, 0.25) is 0 Å². The molecule has 2 amide bonds. The normalized spacial score (nSPS) is 21.4. The van der Waals surface area contributed by atoms with Gasteiger partial charge in [0.1, 0.15) is 0 Å². The van der Waals surface area contributed by atoms with Crippen molar-refractivity contribution in [3.8, 4) is 11.5 Å². The molecule has 7 heteroatoms. The van der Waals surface area contributed by atoms with Crippen LogP contribution in [0.2, 0.25) is 0 Å². The Balaban J connectivity index is 1.72. The van der Waals surface area contributed by atoms with Crippen molar-refractivity contribution in [2.45, 2.75) is 31.7 Å². The number of hydrogen-bond acceptors (Lipinski definition) is 5. The first-order valence-electron chi connectivity index (χ1n) is 9.81. The van der Waals surface area contributed by atoms with E-state index in [9.17, 15) is 4.79 Å². The third-order valence-electron chi connectivity index (χ3n) is 5.26. The SMILES string of the molecule is COc1cccc(NC(=O)N2CCCSC[C@H]2CN2CCCCC2)c1OC. The second-order valence-electron chi connectivity index (χ2n) is 7.11. The molecule has 1 N–H and O–H groups in total. The average molecular weight is 394 g/mol. The number of benzene rings is 1. The van der Waals surface area contributed by atoms with E-state index in [1.54, 1.807) is 14.2 Å². The molecule has 0 unspecified atom stereocenters. The summed E-state index contributed by atoms with van der Waals surface area (Å²) in [6.07, 6.45) is 4.90. The molecule has 1 aromatic rings. The van der Waals surface area contributed by atoms with Crippen molar-refractivity contribution in [2.24, 2.45) is 0 Å². The molecule has 150 valence electrons. The smallest absolute Gasteiger partial charge is 0.322 e. The Kier molecular flexibility index (Phi) is 7.52. The number of piperidine rings is 1. The highest BCUT2D eigenvalue weighted by molar-refractivity contribution is 7.99. The van der Waals surface area contributed by atoms with Gasteiger partial charge in [-0.25, -0.2) is 4.79 Å². The van der Waals surface area contributed by atoms with Gasteiger partial charge in [0.05, 0.1) is 25.9 Å². The van der Waals surface area contributed by atoms with Crippen molar-refractivity contribution >= 4 is 23.5 Å². The summed E-state index contributed by atoms with van der Waals surface area (Å²) in [6, 6.07) is 5.74. The lowest BCUT2D eigenvalue weighted by molar-refractivity contribution is 0.151. The predicted molar refractivity (Wildman–Crippen MR) is 111 cm³/mol. The molecule has 0 radical (unpaired) electrons. The van der Waals surface area contributed by atoms with E-state index in [1.165, 1.54) is 19.3 Å². The number of hydrogen-bond donors (Lipinski definition) is 1. The van der Waals surface area contributed by atoms with Gasteiger partial charge in [-0.1, -0.05) is 12.5 Å². The van der Waals surface area contributed by atoms with Crippen LogP contribution < -0.4 is 14.8 Å². The third-order valence-corrected chi connectivity index (χ3v) is 6.46. The zero-order valence-electron chi connectivity index (χ0n) is 16.4. The molecule has 3 rings (SSSR count). The summed E-state index contributed by atoms with van der Waals surface area (Å²) in [4.78, 5) is 17.7. The summed E-state index contributed by atoms with van der Waals surface area (Å²) in [5.74, 6) is 3.29. The number of amides is 2. The monoisotopic (exact) mass is 393 g/mol. The first kappa shape index (κ1) is 20.1. The number of carbonyl (C=O) groups excluding carboxylic acids is 1. The Bertz CT molecular complexity index is 622. The molecule has 6 nitrogen and oxygen atoms in total. The second-order valence-corrected chi connectivity index (χ2v) is 8.26. The van der Waals surface area contributed by atoms with E-state index in [2.05, 4.69) is 10.2 Å². The van der Waals surface area contributed by atoms with Crippen LogP contribution in [0.4, 0.5) is 10.5 Å². The molecule has 1 aromatic carbocycles. The fraction of sp³-hybridized carbons (Fsp3) is 0.650. The molecule has 0 saturated carbocycles. The number of thioether (sulfide) groups is 1. The van der Waals surface area contributed by atoms with Crippen LogP contribution in [-0.4, -0.2) is 73.8 Å². The first-order chi connectivity index (χ1) is 13.2. The zero-order chi connectivity index (χ0) is 19.1. The molecule has 2 fully saturated rings. The van der Waals surface area contributed by atoms with Crippen LogP contribution in [0.1, 0.15) is 25.7 Å². The molecular formula is C20H31N3O3S. The molecule has 2 heterocycles. The van der Waals surface area contributed by atoms with Crippen LogP contribution >= 0.6 is 11.8 Å². The summed E-state index contributed by atoms with van der Waals surface area (Å²) in [5.41, 5.74) is 0.649. The number of nitrogens with zero attached hydrogens (tertiary/aromatic N) is 2. The minimum atomic E-state index is -0.0499. The molecule has 0 bridgehead atoms. The number of nitrogens with one attached hydrogen (secondary N) is 1. The number of para-hydroxylation sites is 1. The maximum Gasteiger partial charge on any atom is 0.322 e. The third kappa shape index (κ3) is 5.23. The summed E-state index contributed by atoms with van der Waals surface area (Å²) in [5, 5.41) is 3.06. The van der Waals surface area contributed by atoms with Crippen LogP contribution in [0.3, 0.4) is 0 Å². The van der Waals surface area contributed by atoms with Gasteiger partial charge in [-0.3, -0.25) is 0 Å². The molecule has 1 atom stereocenters. The highest BCUT2D eigenvalue weighted by Gasteiger charge is 2.28. The van der Waals surface area contributed by atoms with Crippen LogP contribution in [0.5, 0.6) is 11.5 Å². The Morgan fingerprint density at radius 1 is 1.15 bits per heavy atom. The van der Waals surface area contributed by atoms with Gasteiger partial charge in [0.15, 0.2) is 11.5 Å². The lowest BCUT2D eigenvalue weighted by Crippen LogP contribution is -2.50. The van der Waals surface area contributed by atoms with Crippen molar-refractivity contribution < 1.29 is 14.3 Å². The quantitative estimate of drug-likeness (QED) is 0.829. The number of carbonyl (C=O) groups is 1. The summed E-state index contributed by atoms with van der Waals surface area (Å²) in [7, 11) is 3.19. The number of likely N-dealkylation sites (tertiary alicyclic amines) is 1. The maximum absolute atomic E-state index is 13.1. The fourth-order valence-electron chi connectivity index (χ4n) is 3.86. The fourth-order valence-corrected chi connectivity index (χ4v) is 4.92. The number of methoxy groups -OCH3 is 2. The lowest BCUT2D eigenvalue weighted by Gasteiger charge is -2.35. The predicted octanol–water partition coefficient (Wildman–Crippen LogP) is 3.53. The van der Waals surface area contributed by atoms with E-state index in [-0.39, 0.29) is 12.1 Å². The first-order valence-corrected chi connectivity index (χ1v) is 11.0. The highest BCUT2D eigenvalue weighted by atomic mass is 32.2. The van der Waals surface area contributed by atoms with Crippen LogP contribution in [0, 0.1) is 0 Å². The molecule has 27 heavy (non-hydrogen) atoms. The van der Waals surface area contributed by atoms with E-state index in [0.717, 1.165) is 44.1 Å². The number of ether oxygens (including phenoxy) is 2. The van der Waals surface area contributed by atoms with E-state index in [0.29, 0.717) is 17.2 Å². The molecule has 2 saturated heterocycles. The largest absolute Gasteiger partial charge is 0.493 e. The van der Waals surface area contributed by atoms with Gasteiger partial charge in [-0.2, -0.15) is 11.8 Å². The van der Waals surface area contributed by atoms with Gasteiger partial charge in [0, 0.05) is 18.8 Å². The van der Waals surface area contributed by atoms with Crippen molar-refractivity contribution in [1.29, 1.82) is 0 Å². The molecule has 2 aliphatic heterocycles. The molecular weight excluding hydrogens is 362 g/mol. The summed E-state index contributed by atoms with van der Waals surface area (Å²) < 4.78 is 10.8. The molecule has 0 spiro atoms. The minimum Gasteiger partial charge on any atom is -0.493 e. The van der Waals surface area contributed by atoms with Gasteiger partial charge in [0.25, 0.3) is 0 Å². The Morgan fingerprint density at radius 2 is 1.96 bits per heavy atom. The summed E-state index contributed by atoms with van der Waals surface area (Å²) in [6.45, 7) is 4.07. The van der Waals surface area contributed by atoms with Crippen molar-refractivity contribution in [3.63, 3.8) is 0 Å². The summed E-state index contributed by atoms with van der Waals surface area (Å²) >= 11 is 1.96. The zero-order valence-corrected chi connectivity index (χ0v) is 17.2. The van der Waals surface area contributed by atoms with Crippen molar-refractivity contribution in [1.82, 2.24) is 9.80 Å². The Labute approximate surface area is 166 Å². The van der Waals surface area contributed by atoms with E-state index in [4.69, 9.17) is 9.47 Å². The highest BCUT2D eigenvalue weighted by Crippen LogP contribution is 2.35. The topological polar surface area (TPSA) is 54.0 Å². The van der Waals surface area contributed by atoms with Crippen LogP contribution in [-0.2, 0) is 0 Å². The second kappa shape index (κ2) is 10.1. The molecule has 2 aliphatic rings. The van der Waals surface area contributed by atoms with Crippen LogP contribution in [0.25, 0.3) is 0 Å². The van der Waals surface area contributed by atoms with Crippen LogP contribution in [0.15, 0.2) is 18.2 Å². The maximum atomic E-state index is 13.1. The van der Waals surface area contributed by atoms with Gasteiger partial charge in [-0.15, -0.1) is 0 Å². The standard InChI is InChI=1S/C20H31N3O3S/c1-25-18-9-6-8-17(19(18)26-2)21-20(24)23-12-7-13-27-15-16(23)14-22-10-4-3-5-11-22/h6,8-9,16H,3-5,7,10-15H2,1-2H3,(H,21,24)/t16-/m1/s1. The Morgan fingerprint density at radius 3 is 2.70 bits per heavy atom. The molecule has 0 aromatic heterocycles. The number of urea groups is 1. The lowest BCUT2D eigenvalue weighted by atomic mass is 10.1. The number of rotatable bonds is 5. The van der Waals surface area contributed by atoms with Crippen molar-refractivity contribution in [3.05, 3.63) is 18.2 Å². The van der Waals surface area contributed by atoms with Crippen molar-refractivity contribution in [2.75, 3.05) is 57.2 Å². The molecule has 0 aliphatic carbocycles. The Hall–Kier alpha value is -1.60. The van der Waals surface area contributed by atoms with Gasteiger partial charge >= 0.3 is 6.03 Å². The average Bonchev–Trinajstić information content (AvgIpc) is 2.94. The van der Waals surface area contributed by atoms with E-state index < -0.39 is 0 Å².